The first-order valence-corrected chi connectivity index (χ1v) is 9.66. The van der Waals surface area contributed by atoms with Crippen molar-refractivity contribution in [1.29, 1.82) is 0 Å². The molecule has 0 spiro atoms. The highest BCUT2D eigenvalue weighted by molar-refractivity contribution is 5.94. The number of pyridine rings is 1. The Labute approximate surface area is 163 Å². The van der Waals surface area contributed by atoms with Gasteiger partial charge in [-0.15, -0.1) is 0 Å². The number of likely N-dealkylation sites (tertiary alicyclic amines) is 1. The van der Waals surface area contributed by atoms with Gasteiger partial charge in [0.15, 0.2) is 0 Å². The molecule has 2 fully saturated rings. The summed E-state index contributed by atoms with van der Waals surface area (Å²) in [6.07, 6.45) is 4.30. The minimum Gasteiger partial charge on any atom is -0.346 e. The Hall–Kier alpha value is -2.93. The number of carbonyl (C=O) groups is 2. The third-order valence-electron chi connectivity index (χ3n) is 5.45. The van der Waals surface area contributed by atoms with Crippen LogP contribution >= 0.6 is 0 Å². The van der Waals surface area contributed by atoms with Gasteiger partial charge in [0.1, 0.15) is 0 Å². The lowest BCUT2D eigenvalue weighted by atomic mass is 9.99. The van der Waals surface area contributed by atoms with Crippen LogP contribution in [-0.4, -0.2) is 46.5 Å². The summed E-state index contributed by atoms with van der Waals surface area (Å²) in [7, 11) is 0. The average molecular weight is 380 g/mol. The molecule has 146 valence electrons. The summed E-state index contributed by atoms with van der Waals surface area (Å²) >= 11 is 0. The SMILES string of the molecule is NC1CCN(C(=O)C2CC2)CC1NC(=O)c1ccc(-n2ccccc2=O)cc1. The molecule has 0 bridgehead atoms. The molecular weight excluding hydrogens is 356 g/mol. The molecule has 7 nitrogen and oxygen atoms in total. The molecule has 2 unspecified atom stereocenters. The standard InChI is InChI=1S/C21H24N4O3/c22-17-10-12-24(21(28)15-4-5-15)13-18(17)23-20(27)14-6-8-16(9-7-14)25-11-2-1-3-19(25)26/h1-3,6-9,11,15,17-18H,4-5,10,12-13,22H2,(H,23,27). The molecule has 7 heteroatoms. The molecule has 1 aliphatic carbocycles. The number of piperidine rings is 1. The Morgan fingerprint density at radius 2 is 1.79 bits per heavy atom. The van der Waals surface area contributed by atoms with Crippen LogP contribution in [0, 0.1) is 5.92 Å². The number of nitrogens with two attached hydrogens (primary N) is 1. The number of amides is 2. The second-order valence-corrected chi connectivity index (χ2v) is 7.55. The molecule has 3 N–H and O–H groups in total. The molecule has 4 rings (SSSR count). The van der Waals surface area contributed by atoms with E-state index in [2.05, 4.69) is 5.32 Å². The van der Waals surface area contributed by atoms with Crippen LogP contribution in [0.1, 0.15) is 29.6 Å². The maximum atomic E-state index is 12.7. The smallest absolute Gasteiger partial charge is 0.255 e. The number of benzene rings is 1. The number of nitrogens with one attached hydrogen (secondary N) is 1. The van der Waals surface area contributed by atoms with Gasteiger partial charge < -0.3 is 16.0 Å². The lowest BCUT2D eigenvalue weighted by Crippen LogP contribution is -2.59. The van der Waals surface area contributed by atoms with E-state index >= 15 is 0 Å². The zero-order chi connectivity index (χ0) is 19.7. The van der Waals surface area contributed by atoms with Gasteiger partial charge in [-0.2, -0.15) is 0 Å². The highest BCUT2D eigenvalue weighted by Gasteiger charge is 2.37. The van der Waals surface area contributed by atoms with Crippen LogP contribution in [0.15, 0.2) is 53.5 Å². The van der Waals surface area contributed by atoms with Gasteiger partial charge in [-0.3, -0.25) is 19.0 Å². The fourth-order valence-electron chi connectivity index (χ4n) is 3.58. The van der Waals surface area contributed by atoms with Crippen LogP contribution in [0.3, 0.4) is 0 Å². The van der Waals surface area contributed by atoms with Crippen LogP contribution in [-0.2, 0) is 4.79 Å². The number of rotatable bonds is 4. The van der Waals surface area contributed by atoms with E-state index in [-0.39, 0.29) is 35.4 Å². The first-order chi connectivity index (χ1) is 13.5. The van der Waals surface area contributed by atoms with E-state index < -0.39 is 0 Å². The molecule has 0 radical (unpaired) electrons. The topological polar surface area (TPSA) is 97.4 Å². The predicted octanol–water partition coefficient (Wildman–Crippen LogP) is 0.906. The molecule has 2 aliphatic rings. The summed E-state index contributed by atoms with van der Waals surface area (Å²) < 4.78 is 1.51. The summed E-state index contributed by atoms with van der Waals surface area (Å²) in [4.78, 5) is 38.7. The van der Waals surface area contributed by atoms with Crippen LogP contribution < -0.4 is 16.6 Å². The maximum Gasteiger partial charge on any atom is 0.255 e. The van der Waals surface area contributed by atoms with Crippen LogP contribution in [0.4, 0.5) is 0 Å². The van der Waals surface area contributed by atoms with E-state index in [1.54, 1.807) is 42.6 Å². The number of nitrogens with zero attached hydrogens (tertiary/aromatic N) is 2. The van der Waals surface area contributed by atoms with E-state index in [0.717, 1.165) is 12.8 Å². The zero-order valence-electron chi connectivity index (χ0n) is 15.6. The summed E-state index contributed by atoms with van der Waals surface area (Å²) in [6.45, 7) is 1.11. The molecule has 28 heavy (non-hydrogen) atoms. The predicted molar refractivity (Wildman–Crippen MR) is 105 cm³/mol. The highest BCUT2D eigenvalue weighted by Crippen LogP contribution is 2.31. The second kappa shape index (κ2) is 7.59. The van der Waals surface area contributed by atoms with E-state index in [1.807, 2.05) is 4.90 Å². The second-order valence-electron chi connectivity index (χ2n) is 7.55. The fourth-order valence-corrected chi connectivity index (χ4v) is 3.58. The van der Waals surface area contributed by atoms with Crippen LogP contribution in [0.2, 0.25) is 0 Å². The van der Waals surface area contributed by atoms with Gasteiger partial charge >= 0.3 is 0 Å². The van der Waals surface area contributed by atoms with Crippen LogP contribution in [0.25, 0.3) is 5.69 Å². The first kappa shape index (κ1) is 18.4. The first-order valence-electron chi connectivity index (χ1n) is 9.66. The zero-order valence-corrected chi connectivity index (χ0v) is 15.6. The third-order valence-corrected chi connectivity index (χ3v) is 5.45. The van der Waals surface area contributed by atoms with Crippen molar-refractivity contribution in [2.45, 2.75) is 31.3 Å². The van der Waals surface area contributed by atoms with Gasteiger partial charge in [-0.05, 0) is 49.6 Å². The highest BCUT2D eigenvalue weighted by atomic mass is 16.2. The number of hydrogen-bond donors (Lipinski definition) is 2. The molecular formula is C21H24N4O3. The van der Waals surface area contributed by atoms with Gasteiger partial charge in [-0.1, -0.05) is 6.07 Å². The quantitative estimate of drug-likeness (QED) is 0.824. The molecule has 1 saturated carbocycles. The molecule has 2 aromatic rings. The minimum atomic E-state index is -0.264. The molecule has 2 amide bonds. The molecule has 2 heterocycles. The minimum absolute atomic E-state index is 0.131. The van der Waals surface area contributed by atoms with E-state index in [9.17, 15) is 14.4 Å². The van der Waals surface area contributed by atoms with Crippen LogP contribution in [0.5, 0.6) is 0 Å². The molecule has 1 aromatic carbocycles. The summed E-state index contributed by atoms with van der Waals surface area (Å²) in [6, 6.07) is 11.4. The molecule has 1 saturated heterocycles. The monoisotopic (exact) mass is 380 g/mol. The van der Waals surface area contributed by atoms with Crippen molar-refractivity contribution in [3.05, 3.63) is 64.6 Å². The largest absolute Gasteiger partial charge is 0.346 e. The van der Waals surface area contributed by atoms with Gasteiger partial charge in [0, 0.05) is 48.6 Å². The van der Waals surface area contributed by atoms with Gasteiger partial charge in [0.25, 0.3) is 11.5 Å². The Morgan fingerprint density at radius 1 is 1.04 bits per heavy atom. The fraction of sp³-hybridized carbons (Fsp3) is 0.381. The number of carbonyl (C=O) groups excluding carboxylic acids is 2. The van der Waals surface area contributed by atoms with Crippen molar-refractivity contribution in [3.8, 4) is 5.69 Å². The van der Waals surface area contributed by atoms with Crippen molar-refractivity contribution in [1.82, 2.24) is 14.8 Å². The van der Waals surface area contributed by atoms with Crippen molar-refractivity contribution < 1.29 is 9.59 Å². The number of hydrogen-bond acceptors (Lipinski definition) is 4. The van der Waals surface area contributed by atoms with Gasteiger partial charge in [-0.25, -0.2) is 0 Å². The molecule has 1 aromatic heterocycles. The Morgan fingerprint density at radius 3 is 2.46 bits per heavy atom. The molecule has 1 aliphatic heterocycles. The lowest BCUT2D eigenvalue weighted by Gasteiger charge is -2.37. The van der Waals surface area contributed by atoms with E-state index in [1.165, 1.54) is 10.6 Å². The van der Waals surface area contributed by atoms with Crippen molar-refractivity contribution in [3.63, 3.8) is 0 Å². The Bertz CT molecular complexity index is 933. The van der Waals surface area contributed by atoms with Crippen molar-refractivity contribution in [2.24, 2.45) is 11.7 Å². The Kier molecular flexibility index (Phi) is 5.00. The third kappa shape index (κ3) is 3.84. The summed E-state index contributed by atoms with van der Waals surface area (Å²) in [5, 5.41) is 2.97. The summed E-state index contributed by atoms with van der Waals surface area (Å²) in [5.74, 6) is 0.122. The van der Waals surface area contributed by atoms with Crippen molar-refractivity contribution in [2.75, 3.05) is 13.1 Å². The molecule has 2 atom stereocenters. The normalized spacial score (nSPS) is 22.0. The lowest BCUT2D eigenvalue weighted by molar-refractivity contribution is -0.134. The van der Waals surface area contributed by atoms with Gasteiger partial charge in [0.05, 0.1) is 6.04 Å². The van der Waals surface area contributed by atoms with E-state index in [4.69, 9.17) is 5.73 Å². The van der Waals surface area contributed by atoms with E-state index in [0.29, 0.717) is 30.8 Å². The summed E-state index contributed by atoms with van der Waals surface area (Å²) in [5.41, 5.74) is 7.24. The number of aromatic nitrogens is 1. The Balaban J connectivity index is 1.43. The average Bonchev–Trinajstić information content (AvgIpc) is 3.55. The van der Waals surface area contributed by atoms with Gasteiger partial charge in [0.2, 0.25) is 5.91 Å². The van der Waals surface area contributed by atoms with Crippen molar-refractivity contribution >= 4 is 11.8 Å². The maximum absolute atomic E-state index is 12.7.